The molecule has 0 aliphatic carbocycles. The lowest BCUT2D eigenvalue weighted by molar-refractivity contribution is 0.319. The van der Waals surface area contributed by atoms with Gasteiger partial charge >= 0.3 is 0 Å². The Hall–Kier alpha value is 0.270. The van der Waals surface area contributed by atoms with Gasteiger partial charge < -0.3 is 9.66 Å². The van der Waals surface area contributed by atoms with Crippen molar-refractivity contribution in [2.24, 2.45) is 0 Å². The fourth-order valence-electron chi connectivity index (χ4n) is 3.02. The summed E-state index contributed by atoms with van der Waals surface area (Å²) in [7, 11) is 0. The molecule has 0 amide bonds. The summed E-state index contributed by atoms with van der Waals surface area (Å²) in [6, 6.07) is 0. The summed E-state index contributed by atoms with van der Waals surface area (Å²) in [6.45, 7) is 2.34. The Morgan fingerprint density at radius 3 is 1.26 bits per heavy atom. The van der Waals surface area contributed by atoms with E-state index in [9.17, 15) is 4.55 Å². The molecule has 140 valence electrons. The van der Waals surface area contributed by atoms with E-state index in [-0.39, 0.29) is 6.61 Å². The summed E-state index contributed by atoms with van der Waals surface area (Å²) in [6.07, 6.45) is 21.9. The van der Waals surface area contributed by atoms with E-state index in [2.05, 4.69) is 6.92 Å². The van der Waals surface area contributed by atoms with Crippen molar-refractivity contribution in [2.75, 3.05) is 18.1 Å². The Morgan fingerprint density at radius 1 is 0.565 bits per heavy atom. The van der Waals surface area contributed by atoms with Crippen LogP contribution < -0.4 is 0 Å². The Morgan fingerprint density at radius 2 is 0.913 bits per heavy atom. The van der Waals surface area contributed by atoms with Crippen molar-refractivity contribution in [2.45, 2.75) is 110 Å². The van der Waals surface area contributed by atoms with Crippen LogP contribution in [0, 0.1) is 0 Å². The minimum Gasteiger partial charge on any atom is -0.616 e. The second kappa shape index (κ2) is 20.3. The number of aliphatic hydroxyl groups excluding tert-OH is 1. The molecule has 0 radical (unpaired) electrons. The fraction of sp³-hybridized carbons (Fsp3) is 1.00. The third kappa shape index (κ3) is 20.2. The predicted octanol–water partition coefficient (Wildman–Crippen LogP) is 5.99. The highest BCUT2D eigenvalue weighted by Gasteiger charge is 2.03. The first-order chi connectivity index (χ1) is 11.3. The fourth-order valence-corrected chi connectivity index (χ4v) is 3.95. The minimum absolute atomic E-state index is 0.0610. The molecule has 0 heterocycles. The molecule has 1 atom stereocenters. The van der Waals surface area contributed by atoms with Crippen molar-refractivity contribution in [1.29, 1.82) is 0 Å². The molecule has 0 aromatic heterocycles. The molecule has 23 heavy (non-hydrogen) atoms. The smallest absolute Gasteiger partial charge is 0.128 e. The van der Waals surface area contributed by atoms with E-state index in [1.54, 1.807) is 0 Å². The van der Waals surface area contributed by atoms with E-state index < -0.39 is 11.2 Å². The van der Waals surface area contributed by atoms with Gasteiger partial charge in [-0.15, -0.1) is 0 Å². The van der Waals surface area contributed by atoms with Gasteiger partial charge in [0.15, 0.2) is 0 Å². The van der Waals surface area contributed by atoms with Crippen LogP contribution in [-0.4, -0.2) is 27.8 Å². The molecular formula is C20H42O2S. The molecule has 0 aliphatic heterocycles. The average molecular weight is 347 g/mol. The highest BCUT2D eigenvalue weighted by molar-refractivity contribution is 7.91. The van der Waals surface area contributed by atoms with E-state index in [0.717, 1.165) is 12.2 Å². The highest BCUT2D eigenvalue weighted by atomic mass is 32.2. The van der Waals surface area contributed by atoms with Crippen LogP contribution in [0.4, 0.5) is 0 Å². The maximum absolute atomic E-state index is 11.3. The van der Waals surface area contributed by atoms with Gasteiger partial charge in [-0.2, -0.15) is 0 Å². The third-order valence-electron chi connectivity index (χ3n) is 4.54. The van der Waals surface area contributed by atoms with Gasteiger partial charge in [0.2, 0.25) is 0 Å². The van der Waals surface area contributed by atoms with Crippen molar-refractivity contribution in [3.05, 3.63) is 0 Å². The quantitative estimate of drug-likeness (QED) is 0.231. The molecule has 1 unspecified atom stereocenters. The first kappa shape index (κ1) is 23.3. The number of unbranched alkanes of at least 4 members (excludes halogenated alkanes) is 15. The van der Waals surface area contributed by atoms with E-state index in [1.165, 1.54) is 96.3 Å². The average Bonchev–Trinajstić information content (AvgIpc) is 2.54. The lowest BCUT2D eigenvalue weighted by Crippen LogP contribution is -2.13. The summed E-state index contributed by atoms with van der Waals surface area (Å²) in [5, 5.41) is 8.68. The monoisotopic (exact) mass is 346 g/mol. The van der Waals surface area contributed by atoms with E-state index in [4.69, 9.17) is 5.11 Å². The van der Waals surface area contributed by atoms with E-state index in [0.29, 0.717) is 5.75 Å². The SMILES string of the molecule is CCCCCCCCCCCCCCCCCC[S+]([O-])CCO. The first-order valence-electron chi connectivity index (χ1n) is 10.3. The van der Waals surface area contributed by atoms with Gasteiger partial charge in [-0.1, -0.05) is 108 Å². The van der Waals surface area contributed by atoms with Crippen LogP contribution in [0.5, 0.6) is 0 Å². The molecule has 0 aliphatic rings. The number of rotatable bonds is 19. The minimum atomic E-state index is -0.787. The summed E-state index contributed by atoms with van der Waals surface area (Å²) in [5.41, 5.74) is 0. The van der Waals surface area contributed by atoms with Crippen molar-refractivity contribution >= 4 is 11.2 Å². The van der Waals surface area contributed by atoms with Gasteiger partial charge in [-0.3, -0.25) is 0 Å². The zero-order valence-corrected chi connectivity index (χ0v) is 16.5. The van der Waals surface area contributed by atoms with Gasteiger partial charge in [0.1, 0.15) is 11.5 Å². The molecule has 0 aromatic rings. The number of aliphatic hydroxyl groups is 1. The largest absolute Gasteiger partial charge is 0.616 e. The van der Waals surface area contributed by atoms with E-state index in [1.807, 2.05) is 0 Å². The molecule has 0 saturated carbocycles. The lowest BCUT2D eigenvalue weighted by Gasteiger charge is -2.08. The number of hydrogen-bond donors (Lipinski definition) is 1. The third-order valence-corrected chi connectivity index (χ3v) is 5.93. The highest BCUT2D eigenvalue weighted by Crippen LogP contribution is 2.13. The van der Waals surface area contributed by atoms with Gasteiger partial charge in [-0.05, 0) is 12.8 Å². The van der Waals surface area contributed by atoms with E-state index >= 15 is 0 Å². The second-order valence-corrected chi connectivity index (χ2v) is 8.57. The molecular weight excluding hydrogens is 304 g/mol. The molecule has 0 aromatic carbocycles. The zero-order valence-electron chi connectivity index (χ0n) is 15.7. The van der Waals surface area contributed by atoms with Crippen LogP contribution >= 0.6 is 0 Å². The van der Waals surface area contributed by atoms with Crippen LogP contribution in [0.1, 0.15) is 110 Å². The number of hydrogen-bond acceptors (Lipinski definition) is 2. The van der Waals surface area contributed by atoms with Crippen LogP contribution in [0.2, 0.25) is 0 Å². The summed E-state index contributed by atoms with van der Waals surface area (Å²) in [5.74, 6) is 1.23. The van der Waals surface area contributed by atoms with Crippen molar-refractivity contribution in [3.8, 4) is 0 Å². The normalized spacial score (nSPS) is 12.7. The molecule has 3 heteroatoms. The van der Waals surface area contributed by atoms with Gasteiger partial charge in [0.05, 0.1) is 6.61 Å². The van der Waals surface area contributed by atoms with Crippen molar-refractivity contribution in [1.82, 2.24) is 0 Å². The first-order valence-corrected chi connectivity index (χ1v) is 11.8. The zero-order chi connectivity index (χ0) is 17.0. The summed E-state index contributed by atoms with van der Waals surface area (Å²) in [4.78, 5) is 0. The van der Waals surface area contributed by atoms with Crippen LogP contribution in [0.25, 0.3) is 0 Å². The molecule has 0 rings (SSSR count). The second-order valence-electron chi connectivity index (χ2n) is 6.87. The molecule has 0 bridgehead atoms. The predicted molar refractivity (Wildman–Crippen MR) is 105 cm³/mol. The van der Waals surface area contributed by atoms with Gasteiger partial charge in [0.25, 0.3) is 0 Å². The van der Waals surface area contributed by atoms with Crippen molar-refractivity contribution < 1.29 is 9.66 Å². The molecule has 0 spiro atoms. The van der Waals surface area contributed by atoms with Crippen LogP contribution in [-0.2, 0) is 11.2 Å². The topological polar surface area (TPSA) is 43.3 Å². The Bertz CT molecular complexity index is 212. The molecule has 0 fully saturated rings. The lowest BCUT2D eigenvalue weighted by atomic mass is 10.0. The summed E-state index contributed by atoms with van der Waals surface area (Å²) >= 11 is -0.787. The molecule has 1 N–H and O–H groups in total. The Labute approximate surface area is 149 Å². The van der Waals surface area contributed by atoms with Crippen LogP contribution in [0.3, 0.4) is 0 Å². The maximum Gasteiger partial charge on any atom is 0.128 e. The molecule has 2 nitrogen and oxygen atoms in total. The maximum atomic E-state index is 11.3. The Kier molecular flexibility index (Phi) is 20.6. The van der Waals surface area contributed by atoms with Gasteiger partial charge in [-0.25, -0.2) is 0 Å². The standard InChI is InChI=1S/C20H42O2S/c1-2-3-4-5-6-7-8-9-10-11-12-13-14-15-16-17-19-23(22)20-18-21/h21H,2-20H2,1H3. The van der Waals surface area contributed by atoms with Crippen LogP contribution in [0.15, 0.2) is 0 Å². The Balaban J connectivity index is 3.00. The van der Waals surface area contributed by atoms with Gasteiger partial charge in [0, 0.05) is 0 Å². The molecule has 0 saturated heterocycles. The summed E-state index contributed by atoms with van der Waals surface area (Å²) < 4.78 is 11.3. The van der Waals surface area contributed by atoms with Crippen molar-refractivity contribution in [3.63, 3.8) is 0 Å².